The standard InChI is InChI=1S/C11H15NO/c13-9-10-5-1-3-7-11(10,12-9)8-4-2-6-10/h1,3H,2,4-8H2,(H,12,13)/t10-,11-/m0/s1. The summed E-state index contributed by atoms with van der Waals surface area (Å²) in [6.45, 7) is 0. The Hall–Kier alpha value is -0.790. The van der Waals surface area contributed by atoms with Gasteiger partial charge in [-0.25, -0.2) is 0 Å². The van der Waals surface area contributed by atoms with Gasteiger partial charge in [0.1, 0.15) is 0 Å². The summed E-state index contributed by atoms with van der Waals surface area (Å²) >= 11 is 0. The first-order valence-electron chi connectivity index (χ1n) is 5.27. The van der Waals surface area contributed by atoms with Gasteiger partial charge in [0.05, 0.1) is 11.0 Å². The fourth-order valence-electron chi connectivity index (χ4n) is 3.43. The van der Waals surface area contributed by atoms with Gasteiger partial charge < -0.3 is 5.32 Å². The third-order valence-electron chi connectivity index (χ3n) is 4.26. The Balaban J connectivity index is 2.04. The predicted molar refractivity (Wildman–Crippen MR) is 50.1 cm³/mol. The molecule has 0 aromatic rings. The van der Waals surface area contributed by atoms with E-state index in [1.807, 2.05) is 0 Å². The first-order valence-corrected chi connectivity index (χ1v) is 5.27. The second-order valence-corrected chi connectivity index (χ2v) is 4.71. The lowest BCUT2D eigenvalue weighted by atomic mass is 9.50. The van der Waals surface area contributed by atoms with E-state index >= 15 is 0 Å². The van der Waals surface area contributed by atoms with Crippen LogP contribution in [0.3, 0.4) is 0 Å². The molecule has 1 amide bonds. The van der Waals surface area contributed by atoms with Crippen molar-refractivity contribution in [3.63, 3.8) is 0 Å². The van der Waals surface area contributed by atoms with Crippen LogP contribution in [0.5, 0.6) is 0 Å². The molecule has 0 aromatic carbocycles. The number of amides is 1. The van der Waals surface area contributed by atoms with Crippen LogP contribution in [0.1, 0.15) is 38.5 Å². The molecule has 0 bridgehead atoms. The van der Waals surface area contributed by atoms with E-state index in [0.717, 1.165) is 19.3 Å². The molecule has 0 aromatic heterocycles. The summed E-state index contributed by atoms with van der Waals surface area (Å²) < 4.78 is 0. The van der Waals surface area contributed by atoms with E-state index in [1.54, 1.807) is 0 Å². The lowest BCUT2D eigenvalue weighted by Gasteiger charge is -2.62. The molecule has 3 rings (SSSR count). The Morgan fingerprint density at radius 1 is 1.15 bits per heavy atom. The summed E-state index contributed by atoms with van der Waals surface area (Å²) in [6, 6.07) is 0. The Kier molecular flexibility index (Phi) is 1.27. The SMILES string of the molecule is O=C1N[C@]23CC=CC[C@]12CCCC3. The fourth-order valence-corrected chi connectivity index (χ4v) is 3.43. The van der Waals surface area contributed by atoms with Gasteiger partial charge in [-0.2, -0.15) is 0 Å². The molecule has 0 unspecified atom stereocenters. The van der Waals surface area contributed by atoms with Crippen molar-refractivity contribution in [3.8, 4) is 0 Å². The van der Waals surface area contributed by atoms with Crippen molar-refractivity contribution >= 4 is 5.91 Å². The van der Waals surface area contributed by atoms with Crippen molar-refractivity contribution in [2.24, 2.45) is 5.41 Å². The summed E-state index contributed by atoms with van der Waals surface area (Å²) in [5.41, 5.74) is 0.192. The number of hydrogen-bond donors (Lipinski definition) is 1. The van der Waals surface area contributed by atoms with E-state index in [2.05, 4.69) is 17.5 Å². The maximum atomic E-state index is 11.7. The topological polar surface area (TPSA) is 29.1 Å². The average molecular weight is 177 g/mol. The second-order valence-electron chi connectivity index (χ2n) is 4.71. The molecule has 0 radical (unpaired) electrons. The van der Waals surface area contributed by atoms with Gasteiger partial charge in [0.2, 0.25) is 5.91 Å². The van der Waals surface area contributed by atoms with Crippen LogP contribution in [0.15, 0.2) is 12.2 Å². The van der Waals surface area contributed by atoms with Gasteiger partial charge in [-0.15, -0.1) is 0 Å². The lowest BCUT2D eigenvalue weighted by Crippen LogP contribution is -2.77. The molecule has 13 heavy (non-hydrogen) atoms. The zero-order chi connectivity index (χ0) is 8.94. The molecule has 0 spiro atoms. The summed E-state index contributed by atoms with van der Waals surface area (Å²) in [5, 5.41) is 3.16. The van der Waals surface area contributed by atoms with E-state index in [0.29, 0.717) is 5.91 Å². The van der Waals surface area contributed by atoms with Crippen LogP contribution in [-0.4, -0.2) is 11.4 Å². The molecule has 2 atom stereocenters. The number of allylic oxidation sites excluding steroid dienone is 1. The van der Waals surface area contributed by atoms with Crippen LogP contribution in [0.4, 0.5) is 0 Å². The summed E-state index contributed by atoms with van der Waals surface area (Å²) in [7, 11) is 0. The number of nitrogens with one attached hydrogen (secondary N) is 1. The molecule has 1 N–H and O–H groups in total. The molecule has 2 fully saturated rings. The Morgan fingerprint density at radius 3 is 2.69 bits per heavy atom. The third kappa shape index (κ3) is 0.687. The largest absolute Gasteiger partial charge is 0.349 e. The number of carbonyl (C=O) groups is 1. The van der Waals surface area contributed by atoms with Crippen molar-refractivity contribution in [1.82, 2.24) is 5.32 Å². The molecule has 2 nitrogen and oxygen atoms in total. The van der Waals surface area contributed by atoms with E-state index in [-0.39, 0.29) is 11.0 Å². The van der Waals surface area contributed by atoms with Crippen molar-refractivity contribution in [2.75, 3.05) is 0 Å². The second kappa shape index (κ2) is 2.17. The van der Waals surface area contributed by atoms with E-state index in [4.69, 9.17) is 0 Å². The molecule has 2 heteroatoms. The highest BCUT2D eigenvalue weighted by Gasteiger charge is 2.65. The Bertz CT molecular complexity index is 296. The van der Waals surface area contributed by atoms with E-state index in [1.165, 1.54) is 19.3 Å². The van der Waals surface area contributed by atoms with E-state index < -0.39 is 0 Å². The summed E-state index contributed by atoms with van der Waals surface area (Å²) in [4.78, 5) is 11.7. The first kappa shape index (κ1) is 7.60. The Labute approximate surface area is 78.4 Å². The van der Waals surface area contributed by atoms with Crippen LogP contribution in [0, 0.1) is 5.41 Å². The monoisotopic (exact) mass is 177 g/mol. The van der Waals surface area contributed by atoms with Crippen molar-refractivity contribution < 1.29 is 4.79 Å². The molecule has 70 valence electrons. The summed E-state index contributed by atoms with van der Waals surface area (Å²) in [5.74, 6) is 0.316. The number of hydrogen-bond acceptors (Lipinski definition) is 1. The molecular formula is C11H15NO. The van der Waals surface area contributed by atoms with Crippen LogP contribution >= 0.6 is 0 Å². The van der Waals surface area contributed by atoms with Gasteiger partial charge in [0.15, 0.2) is 0 Å². The Morgan fingerprint density at radius 2 is 1.92 bits per heavy atom. The highest BCUT2D eigenvalue weighted by Crippen LogP contribution is 2.56. The van der Waals surface area contributed by atoms with Crippen LogP contribution in [0.25, 0.3) is 0 Å². The summed E-state index contributed by atoms with van der Waals surface area (Å²) in [6.07, 6.45) is 11.3. The number of carbonyl (C=O) groups excluding carboxylic acids is 1. The van der Waals surface area contributed by atoms with Crippen molar-refractivity contribution in [1.29, 1.82) is 0 Å². The minimum absolute atomic E-state index is 0.0139. The molecule has 1 aliphatic heterocycles. The van der Waals surface area contributed by atoms with Gasteiger partial charge in [0.25, 0.3) is 0 Å². The van der Waals surface area contributed by atoms with E-state index in [9.17, 15) is 4.79 Å². The van der Waals surface area contributed by atoms with Crippen LogP contribution in [0.2, 0.25) is 0 Å². The van der Waals surface area contributed by atoms with Gasteiger partial charge in [-0.3, -0.25) is 4.79 Å². The number of β-lactam (4-membered cyclic amide) rings is 1. The fraction of sp³-hybridized carbons (Fsp3) is 0.727. The molecule has 1 saturated carbocycles. The lowest BCUT2D eigenvalue weighted by molar-refractivity contribution is -0.163. The molecule has 1 saturated heterocycles. The van der Waals surface area contributed by atoms with Crippen LogP contribution in [-0.2, 0) is 4.79 Å². The first-order chi connectivity index (χ1) is 6.29. The smallest absolute Gasteiger partial charge is 0.229 e. The van der Waals surface area contributed by atoms with Gasteiger partial charge in [-0.05, 0) is 25.7 Å². The van der Waals surface area contributed by atoms with Gasteiger partial charge in [0, 0.05) is 0 Å². The predicted octanol–water partition coefficient (Wildman–Crippen LogP) is 1.77. The highest BCUT2D eigenvalue weighted by molar-refractivity contribution is 5.92. The van der Waals surface area contributed by atoms with Crippen molar-refractivity contribution in [2.45, 2.75) is 44.1 Å². The minimum atomic E-state index is 0.0139. The molecule has 2 aliphatic carbocycles. The molecular weight excluding hydrogens is 162 g/mol. The minimum Gasteiger partial charge on any atom is -0.349 e. The zero-order valence-electron chi connectivity index (χ0n) is 7.81. The zero-order valence-corrected chi connectivity index (χ0v) is 7.81. The molecule has 3 aliphatic rings. The average Bonchev–Trinajstić information content (AvgIpc) is 2.15. The van der Waals surface area contributed by atoms with Gasteiger partial charge in [-0.1, -0.05) is 25.0 Å². The normalized spacial score (nSPS) is 47.2. The van der Waals surface area contributed by atoms with Gasteiger partial charge >= 0.3 is 0 Å². The third-order valence-corrected chi connectivity index (χ3v) is 4.26. The van der Waals surface area contributed by atoms with Crippen molar-refractivity contribution in [3.05, 3.63) is 12.2 Å². The maximum Gasteiger partial charge on any atom is 0.229 e. The highest BCUT2D eigenvalue weighted by atomic mass is 16.2. The quantitative estimate of drug-likeness (QED) is 0.443. The van der Waals surface area contributed by atoms with Crippen LogP contribution < -0.4 is 5.32 Å². The maximum absolute atomic E-state index is 11.7. The molecule has 1 heterocycles. The number of rotatable bonds is 0.